The monoisotopic (exact) mass is 344 g/mol. The second-order valence-corrected chi connectivity index (χ2v) is 7.20. The molecule has 0 spiro atoms. The van der Waals surface area contributed by atoms with Crippen LogP contribution in [0.4, 0.5) is 31.5 Å². The minimum Gasteiger partial charge on any atom is -0.378 e. The zero-order valence-electron chi connectivity index (χ0n) is 15.0. The molecule has 0 amide bonds. The van der Waals surface area contributed by atoms with Crippen molar-refractivity contribution in [1.82, 2.24) is 0 Å². The lowest BCUT2D eigenvalue weighted by atomic mass is 9.99. The van der Waals surface area contributed by atoms with E-state index < -0.39 is 0 Å². The van der Waals surface area contributed by atoms with Gasteiger partial charge < -0.3 is 19.6 Å². The number of nitrogens with zero attached hydrogens (tertiary/aromatic N) is 4. The Hall–Kier alpha value is -2.50. The molecular weight excluding hydrogens is 322 g/mol. The van der Waals surface area contributed by atoms with Gasteiger partial charge >= 0.3 is 0 Å². The smallest absolute Gasteiger partial charge is 0.148 e. The van der Waals surface area contributed by atoms with E-state index in [2.05, 4.69) is 0 Å². The number of fused-ring (bicyclic) bond motifs is 6. The van der Waals surface area contributed by atoms with Gasteiger partial charge in [-0.05, 0) is 35.4 Å². The van der Waals surface area contributed by atoms with E-state index in [1.807, 2.05) is 59.9 Å². The predicted octanol–water partition coefficient (Wildman–Crippen LogP) is 3.39. The first-order valence-corrected chi connectivity index (χ1v) is 8.34. The highest BCUT2D eigenvalue weighted by Gasteiger charge is 2.34. The molecule has 0 aliphatic carbocycles. The Labute approximate surface area is 146 Å². The average Bonchev–Trinajstić information content (AvgIpc) is 2.53. The fourth-order valence-electron chi connectivity index (χ4n) is 3.76. The standard InChI is InChI=1S/C19H22F2N4/c1-22(2)14-5-12-9-24-11-25(18(12)16(20)7-14)10-13-6-15(23(3)4)8-17(21)19(13)24/h5-8H,9-11H2,1-4H3. The van der Waals surface area contributed by atoms with E-state index in [1.165, 1.54) is 0 Å². The zero-order valence-corrected chi connectivity index (χ0v) is 15.0. The molecule has 25 heavy (non-hydrogen) atoms. The van der Waals surface area contributed by atoms with Crippen molar-refractivity contribution in [2.45, 2.75) is 13.1 Å². The molecule has 0 unspecified atom stereocenters. The summed E-state index contributed by atoms with van der Waals surface area (Å²) in [4.78, 5) is 7.76. The van der Waals surface area contributed by atoms with Gasteiger partial charge in [0.05, 0.1) is 18.0 Å². The second-order valence-electron chi connectivity index (χ2n) is 7.20. The minimum atomic E-state index is -0.214. The molecule has 2 aliphatic heterocycles. The summed E-state index contributed by atoms with van der Waals surface area (Å²) in [7, 11) is 7.57. The van der Waals surface area contributed by atoms with E-state index in [0.717, 1.165) is 22.5 Å². The molecule has 0 saturated heterocycles. The molecule has 2 aliphatic rings. The molecule has 0 saturated carbocycles. The molecule has 0 radical (unpaired) electrons. The van der Waals surface area contributed by atoms with E-state index in [1.54, 1.807) is 12.1 Å². The number of hydrogen-bond acceptors (Lipinski definition) is 4. The van der Waals surface area contributed by atoms with Gasteiger partial charge in [-0.25, -0.2) is 8.78 Å². The lowest BCUT2D eigenvalue weighted by molar-refractivity contribution is 0.563. The van der Waals surface area contributed by atoms with E-state index in [-0.39, 0.29) is 11.6 Å². The predicted molar refractivity (Wildman–Crippen MR) is 98.7 cm³/mol. The van der Waals surface area contributed by atoms with Crippen LogP contribution in [0.5, 0.6) is 0 Å². The van der Waals surface area contributed by atoms with Crippen LogP contribution in [0, 0.1) is 11.6 Å². The molecule has 132 valence electrons. The third kappa shape index (κ3) is 2.47. The molecule has 6 heteroatoms. The third-order valence-corrected chi connectivity index (χ3v) is 4.98. The van der Waals surface area contributed by atoms with Gasteiger partial charge in [-0.3, -0.25) is 0 Å². The van der Waals surface area contributed by atoms with Crippen LogP contribution in [-0.4, -0.2) is 34.9 Å². The molecule has 2 heterocycles. The van der Waals surface area contributed by atoms with E-state index in [4.69, 9.17) is 0 Å². The summed E-state index contributed by atoms with van der Waals surface area (Å²) >= 11 is 0. The Kier molecular flexibility index (Phi) is 3.52. The van der Waals surface area contributed by atoms with Crippen LogP contribution >= 0.6 is 0 Å². The van der Waals surface area contributed by atoms with Gasteiger partial charge in [0.25, 0.3) is 0 Å². The first kappa shape index (κ1) is 16.0. The molecule has 0 atom stereocenters. The van der Waals surface area contributed by atoms with Crippen molar-refractivity contribution in [2.24, 2.45) is 0 Å². The highest BCUT2D eigenvalue weighted by molar-refractivity contribution is 5.73. The molecule has 0 fully saturated rings. The summed E-state index contributed by atoms with van der Waals surface area (Å²) in [6.45, 7) is 1.53. The summed E-state index contributed by atoms with van der Waals surface area (Å²) in [5.74, 6) is -0.429. The molecule has 4 rings (SSSR count). The lowest BCUT2D eigenvalue weighted by Crippen LogP contribution is -2.47. The van der Waals surface area contributed by atoms with Gasteiger partial charge in [-0.1, -0.05) is 0 Å². The number of hydrogen-bond donors (Lipinski definition) is 0. The first-order valence-electron chi connectivity index (χ1n) is 8.34. The maximum atomic E-state index is 14.8. The number of rotatable bonds is 2. The van der Waals surface area contributed by atoms with Crippen molar-refractivity contribution in [3.05, 3.63) is 47.0 Å². The van der Waals surface area contributed by atoms with Crippen LogP contribution < -0.4 is 19.6 Å². The Morgan fingerprint density at radius 2 is 1.12 bits per heavy atom. The number of halogens is 2. The van der Waals surface area contributed by atoms with Gasteiger partial charge in [0.15, 0.2) is 0 Å². The highest BCUT2D eigenvalue weighted by Crippen LogP contribution is 2.42. The van der Waals surface area contributed by atoms with Crippen LogP contribution in [0.1, 0.15) is 11.1 Å². The molecule has 2 bridgehead atoms. The van der Waals surface area contributed by atoms with Crippen molar-refractivity contribution in [2.75, 3.05) is 54.5 Å². The van der Waals surface area contributed by atoms with Gasteiger partial charge in [0, 0.05) is 52.7 Å². The average molecular weight is 344 g/mol. The topological polar surface area (TPSA) is 13.0 Å². The van der Waals surface area contributed by atoms with E-state index in [9.17, 15) is 8.78 Å². The van der Waals surface area contributed by atoms with Crippen molar-refractivity contribution in [1.29, 1.82) is 0 Å². The van der Waals surface area contributed by atoms with Crippen LogP contribution in [0.3, 0.4) is 0 Å². The molecular formula is C19H22F2N4. The fourth-order valence-corrected chi connectivity index (χ4v) is 3.76. The third-order valence-electron chi connectivity index (χ3n) is 4.98. The van der Waals surface area contributed by atoms with Gasteiger partial charge in [0.2, 0.25) is 0 Å². The Balaban J connectivity index is 1.82. The van der Waals surface area contributed by atoms with Crippen molar-refractivity contribution >= 4 is 22.7 Å². The SMILES string of the molecule is CN(C)c1cc(F)c2c(c1)CN1CN2Cc2cc(N(C)C)cc(F)c21. The van der Waals surface area contributed by atoms with Crippen LogP contribution in [0.2, 0.25) is 0 Å². The number of benzene rings is 2. The Bertz CT molecular complexity index is 778. The lowest BCUT2D eigenvalue weighted by Gasteiger charge is -2.45. The molecule has 2 aromatic carbocycles. The van der Waals surface area contributed by atoms with Gasteiger partial charge in [-0.15, -0.1) is 0 Å². The fraction of sp³-hybridized carbons (Fsp3) is 0.368. The second kappa shape index (κ2) is 5.51. The highest BCUT2D eigenvalue weighted by atomic mass is 19.1. The normalized spacial score (nSPS) is 15.0. The van der Waals surface area contributed by atoms with E-state index in [0.29, 0.717) is 31.1 Å². The minimum absolute atomic E-state index is 0.214. The molecule has 0 aromatic heterocycles. The van der Waals surface area contributed by atoms with Crippen molar-refractivity contribution in [3.8, 4) is 0 Å². The quantitative estimate of drug-likeness (QED) is 0.828. The van der Waals surface area contributed by atoms with Crippen LogP contribution in [-0.2, 0) is 13.1 Å². The van der Waals surface area contributed by atoms with Crippen LogP contribution in [0.15, 0.2) is 24.3 Å². The first-order chi connectivity index (χ1) is 11.8. The van der Waals surface area contributed by atoms with Crippen molar-refractivity contribution in [3.63, 3.8) is 0 Å². The Morgan fingerprint density at radius 3 is 1.48 bits per heavy atom. The van der Waals surface area contributed by atoms with E-state index >= 15 is 0 Å². The summed E-state index contributed by atoms with van der Waals surface area (Å²) < 4.78 is 29.5. The molecule has 2 aromatic rings. The summed E-state index contributed by atoms with van der Waals surface area (Å²) in [6.07, 6.45) is 0. The number of anilines is 4. The summed E-state index contributed by atoms with van der Waals surface area (Å²) in [5.41, 5.74) is 4.73. The van der Waals surface area contributed by atoms with Gasteiger partial charge in [-0.2, -0.15) is 0 Å². The maximum Gasteiger partial charge on any atom is 0.148 e. The summed E-state index contributed by atoms with van der Waals surface area (Å²) in [5, 5.41) is 0. The molecule has 4 nitrogen and oxygen atoms in total. The zero-order chi connectivity index (χ0) is 17.9. The maximum absolute atomic E-state index is 14.8. The largest absolute Gasteiger partial charge is 0.378 e. The summed E-state index contributed by atoms with van der Waals surface area (Å²) in [6, 6.07) is 7.13. The van der Waals surface area contributed by atoms with Crippen LogP contribution in [0.25, 0.3) is 0 Å². The van der Waals surface area contributed by atoms with Crippen molar-refractivity contribution < 1.29 is 8.78 Å². The molecule has 0 N–H and O–H groups in total. The Morgan fingerprint density at radius 1 is 0.720 bits per heavy atom. The van der Waals surface area contributed by atoms with Gasteiger partial charge in [0.1, 0.15) is 11.6 Å².